The fraction of sp³-hybridized carbons (Fsp3) is 0.643. The summed E-state index contributed by atoms with van der Waals surface area (Å²) in [7, 11) is 0. The number of hydrogen-bond donors (Lipinski definition) is 0. The number of ether oxygens (including phenoxy) is 3. The zero-order chi connectivity index (χ0) is 55.0. The number of allylic oxidation sites excluding steroid dienone is 22. The summed E-state index contributed by atoms with van der Waals surface area (Å²) in [4.78, 5) is 38.0. The van der Waals surface area contributed by atoms with E-state index in [1.165, 1.54) is 109 Å². The molecule has 0 radical (unpaired) electrons. The molecule has 0 bridgehead atoms. The Morgan fingerprint density at radius 1 is 0.276 bits per heavy atom. The Bertz CT molecular complexity index is 1630. The van der Waals surface area contributed by atoms with Crippen molar-refractivity contribution in [2.75, 3.05) is 13.2 Å². The molecule has 6 nitrogen and oxygen atoms in total. The van der Waals surface area contributed by atoms with Crippen LogP contribution in [0.15, 0.2) is 134 Å². The molecule has 0 aliphatic rings. The molecule has 0 heterocycles. The number of hydrogen-bond acceptors (Lipinski definition) is 6. The summed E-state index contributed by atoms with van der Waals surface area (Å²) in [6, 6.07) is 0. The van der Waals surface area contributed by atoms with Gasteiger partial charge in [0.25, 0.3) is 0 Å². The first kappa shape index (κ1) is 71.5. The van der Waals surface area contributed by atoms with E-state index in [4.69, 9.17) is 14.2 Å². The van der Waals surface area contributed by atoms with Gasteiger partial charge in [-0.3, -0.25) is 14.4 Å². The van der Waals surface area contributed by atoms with Gasteiger partial charge in [-0.25, -0.2) is 0 Å². The van der Waals surface area contributed by atoms with Crippen LogP contribution in [0, 0.1) is 0 Å². The minimum atomic E-state index is -0.800. The molecule has 430 valence electrons. The van der Waals surface area contributed by atoms with Crippen molar-refractivity contribution in [1.82, 2.24) is 0 Å². The predicted octanol–water partition coefficient (Wildman–Crippen LogP) is 21.4. The lowest BCUT2D eigenvalue weighted by Crippen LogP contribution is -2.30. The van der Waals surface area contributed by atoms with Crippen LogP contribution in [-0.2, 0) is 28.6 Å². The lowest BCUT2D eigenvalue weighted by atomic mass is 10.0. The van der Waals surface area contributed by atoms with E-state index in [9.17, 15) is 14.4 Å². The molecule has 0 amide bonds. The Hall–Kier alpha value is -4.45. The molecule has 0 aromatic heterocycles. The molecule has 1 atom stereocenters. The second-order valence-corrected chi connectivity index (χ2v) is 20.2. The quantitative estimate of drug-likeness (QED) is 0.0261. The predicted molar refractivity (Wildman–Crippen MR) is 329 cm³/mol. The molecule has 0 saturated carbocycles. The minimum absolute atomic E-state index is 0.0970. The Morgan fingerprint density at radius 3 is 0.829 bits per heavy atom. The summed E-state index contributed by atoms with van der Waals surface area (Å²) < 4.78 is 16.7. The maximum absolute atomic E-state index is 12.8. The summed E-state index contributed by atoms with van der Waals surface area (Å²) in [6.07, 6.45) is 89.2. The van der Waals surface area contributed by atoms with Crippen LogP contribution in [0.5, 0.6) is 0 Å². The fourth-order valence-electron chi connectivity index (χ4n) is 8.23. The van der Waals surface area contributed by atoms with Crippen molar-refractivity contribution in [1.29, 1.82) is 0 Å². The van der Waals surface area contributed by atoms with E-state index in [0.717, 1.165) is 116 Å². The van der Waals surface area contributed by atoms with Gasteiger partial charge in [0.15, 0.2) is 6.10 Å². The number of carbonyl (C=O) groups is 3. The average Bonchev–Trinajstić information content (AvgIpc) is 3.42. The van der Waals surface area contributed by atoms with Crippen LogP contribution in [0.2, 0.25) is 0 Å². The van der Waals surface area contributed by atoms with Crippen molar-refractivity contribution < 1.29 is 28.6 Å². The molecule has 0 aromatic rings. The zero-order valence-electron chi connectivity index (χ0n) is 49.2. The van der Waals surface area contributed by atoms with Gasteiger partial charge >= 0.3 is 17.9 Å². The molecule has 0 rings (SSSR count). The minimum Gasteiger partial charge on any atom is -0.462 e. The maximum atomic E-state index is 12.8. The molecule has 76 heavy (non-hydrogen) atoms. The molecule has 0 aliphatic heterocycles. The number of esters is 3. The van der Waals surface area contributed by atoms with Gasteiger partial charge in [-0.15, -0.1) is 0 Å². The van der Waals surface area contributed by atoms with E-state index in [0.29, 0.717) is 25.7 Å². The number of carbonyl (C=O) groups excluding carboxylic acids is 3. The highest BCUT2D eigenvalue weighted by molar-refractivity contribution is 5.71. The summed E-state index contributed by atoms with van der Waals surface area (Å²) in [5.74, 6) is -0.958. The maximum Gasteiger partial charge on any atom is 0.306 e. The van der Waals surface area contributed by atoms with Gasteiger partial charge in [0.2, 0.25) is 0 Å². The van der Waals surface area contributed by atoms with Crippen LogP contribution in [0.1, 0.15) is 271 Å². The Morgan fingerprint density at radius 2 is 0.513 bits per heavy atom. The smallest absolute Gasteiger partial charge is 0.306 e. The highest BCUT2D eigenvalue weighted by Gasteiger charge is 2.19. The van der Waals surface area contributed by atoms with Crippen molar-refractivity contribution in [3.8, 4) is 0 Å². The molecular formula is C70H114O6. The summed E-state index contributed by atoms with van der Waals surface area (Å²) in [6.45, 7) is 6.41. The summed E-state index contributed by atoms with van der Waals surface area (Å²) >= 11 is 0. The zero-order valence-corrected chi connectivity index (χ0v) is 49.2. The van der Waals surface area contributed by atoms with E-state index in [1.54, 1.807) is 0 Å². The van der Waals surface area contributed by atoms with Gasteiger partial charge < -0.3 is 14.2 Å². The molecule has 0 N–H and O–H groups in total. The molecule has 1 unspecified atom stereocenters. The van der Waals surface area contributed by atoms with Crippen LogP contribution in [0.4, 0.5) is 0 Å². The van der Waals surface area contributed by atoms with Crippen LogP contribution >= 0.6 is 0 Å². The summed E-state index contributed by atoms with van der Waals surface area (Å²) in [5, 5.41) is 0. The monoisotopic (exact) mass is 1050 g/mol. The molecular weight excluding hydrogens is 937 g/mol. The van der Waals surface area contributed by atoms with Crippen molar-refractivity contribution >= 4 is 17.9 Å². The third-order valence-electron chi connectivity index (χ3n) is 12.9. The lowest BCUT2D eigenvalue weighted by molar-refractivity contribution is -0.167. The largest absolute Gasteiger partial charge is 0.462 e. The van der Waals surface area contributed by atoms with E-state index >= 15 is 0 Å². The van der Waals surface area contributed by atoms with E-state index in [2.05, 4.69) is 154 Å². The number of unbranched alkanes of at least 4 members (excludes halogenated alkanes) is 22. The molecule has 0 fully saturated rings. The second-order valence-electron chi connectivity index (χ2n) is 20.2. The van der Waals surface area contributed by atoms with Crippen molar-refractivity contribution in [2.45, 2.75) is 277 Å². The fourth-order valence-corrected chi connectivity index (χ4v) is 8.23. The first-order chi connectivity index (χ1) is 37.5. The van der Waals surface area contributed by atoms with Crippen LogP contribution < -0.4 is 0 Å². The number of rotatable bonds is 55. The lowest BCUT2D eigenvalue weighted by Gasteiger charge is -2.18. The topological polar surface area (TPSA) is 78.9 Å². The van der Waals surface area contributed by atoms with Crippen molar-refractivity contribution in [2.24, 2.45) is 0 Å². The Balaban J connectivity index is 4.24. The summed E-state index contributed by atoms with van der Waals surface area (Å²) in [5.41, 5.74) is 0. The van der Waals surface area contributed by atoms with Gasteiger partial charge in [-0.2, -0.15) is 0 Å². The first-order valence-electron chi connectivity index (χ1n) is 31.2. The Labute approximate surface area is 468 Å². The molecule has 0 aromatic carbocycles. The van der Waals surface area contributed by atoms with Gasteiger partial charge in [0, 0.05) is 19.3 Å². The van der Waals surface area contributed by atoms with Crippen LogP contribution in [-0.4, -0.2) is 37.2 Å². The van der Waals surface area contributed by atoms with Crippen molar-refractivity contribution in [3.05, 3.63) is 134 Å². The third-order valence-corrected chi connectivity index (χ3v) is 12.9. The molecule has 0 saturated heterocycles. The first-order valence-corrected chi connectivity index (χ1v) is 31.2. The van der Waals surface area contributed by atoms with E-state index in [-0.39, 0.29) is 31.1 Å². The highest BCUT2D eigenvalue weighted by atomic mass is 16.6. The van der Waals surface area contributed by atoms with Gasteiger partial charge in [0.1, 0.15) is 13.2 Å². The molecule has 0 aliphatic carbocycles. The Kier molecular flexibility index (Phi) is 59.4. The third kappa shape index (κ3) is 60.4. The van der Waals surface area contributed by atoms with Crippen LogP contribution in [0.3, 0.4) is 0 Å². The van der Waals surface area contributed by atoms with Crippen LogP contribution in [0.25, 0.3) is 0 Å². The second kappa shape index (κ2) is 63.1. The normalized spacial score (nSPS) is 13.0. The van der Waals surface area contributed by atoms with E-state index in [1.807, 2.05) is 0 Å². The van der Waals surface area contributed by atoms with Gasteiger partial charge in [0.05, 0.1) is 0 Å². The average molecular weight is 1050 g/mol. The van der Waals surface area contributed by atoms with Gasteiger partial charge in [-0.1, -0.05) is 264 Å². The SMILES string of the molecule is CC/C=C\C/C=C\C/C=C\C/C=C\C/C=C\C/C=C\C/C=C\C/C=C\CCCCC(=O)OCC(COC(=O)CCCCCCCC)OC(=O)CCCCCCCCCCCC/C=C\C/C=C\C/C=C\CCCCCCC. The van der Waals surface area contributed by atoms with Gasteiger partial charge in [-0.05, 0) is 122 Å². The standard InChI is InChI=1S/C70H114O6/c1-4-7-10-13-16-18-20-22-24-26-28-30-32-34-35-37-38-40-42-44-46-48-50-52-54-57-60-63-69(72)75-66-67(65-74-68(71)62-59-56-15-12-9-6-3)76-70(73)64-61-58-55-53-51-49-47-45-43-41-39-36-33-31-29-27-25-23-21-19-17-14-11-8-5-2/h7,10,16,18,21-24,27-30,33-36,38,40,44,46,50,52,67H,4-6,8-9,11-15,17,19-20,25-26,31-32,37,39,41-43,45,47-49,51,53-66H2,1-3H3/b10-7-,18-16-,23-21-,24-22-,29-27-,30-28-,35-34-,36-33-,40-38-,46-44-,52-50-. The van der Waals surface area contributed by atoms with E-state index < -0.39 is 6.10 Å². The molecule has 6 heteroatoms. The van der Waals surface area contributed by atoms with Crippen molar-refractivity contribution in [3.63, 3.8) is 0 Å². The highest BCUT2D eigenvalue weighted by Crippen LogP contribution is 2.15. The molecule has 0 spiro atoms.